The molecule has 0 aromatic carbocycles. The summed E-state index contributed by atoms with van der Waals surface area (Å²) >= 11 is 18.4. The van der Waals surface area contributed by atoms with E-state index in [-0.39, 0.29) is 4.75 Å². The second kappa shape index (κ2) is 3.22. The van der Waals surface area contributed by atoms with Gasteiger partial charge in [-0.05, 0) is 0 Å². The Labute approximate surface area is 75.0 Å². The number of hydrogen-bond acceptors (Lipinski definition) is 1. The summed E-state index contributed by atoms with van der Waals surface area (Å²) in [5.41, 5.74) is 0. The normalized spacial score (nSPS) is 14.0. The molecule has 9 heavy (non-hydrogen) atoms. The zero-order valence-electron chi connectivity index (χ0n) is 5.54. The molecule has 0 aliphatic rings. The summed E-state index contributed by atoms with van der Waals surface area (Å²) in [4.78, 5) is 0. The molecule has 0 heterocycles. The van der Waals surface area contributed by atoms with Crippen LogP contribution in [0.4, 0.5) is 0 Å². The zero-order chi connectivity index (χ0) is 7.71. The molecule has 0 saturated heterocycles. The molecule has 0 nitrogen and oxygen atoms in total. The van der Waals surface area contributed by atoms with Gasteiger partial charge in [0.15, 0.2) is 0 Å². The van der Waals surface area contributed by atoms with Crippen molar-refractivity contribution in [1.29, 1.82) is 0 Å². The second-order valence-electron chi connectivity index (χ2n) is 2.66. The molecule has 56 valence electrons. The van der Waals surface area contributed by atoms with Crippen molar-refractivity contribution in [3.05, 3.63) is 0 Å². The van der Waals surface area contributed by atoms with Crippen molar-refractivity contribution in [2.75, 3.05) is 0 Å². The summed E-state index contributed by atoms with van der Waals surface area (Å²) in [5, 5.41) is -2.46. The Hall–Kier alpha value is 1.44. The standard InChI is InChI=1S/C4H9Cl3SSi/c1-4(2,3)8-9(5,6)7/h1-3H3. The summed E-state index contributed by atoms with van der Waals surface area (Å²) < 4.78 is 0.0669. The molecule has 0 fully saturated rings. The third-order valence-corrected chi connectivity index (χ3v) is 5.88. The molecule has 5 heteroatoms. The molecule has 0 aromatic rings. The SMILES string of the molecule is CC(C)(C)S[Si](Cl)(Cl)Cl. The Balaban J connectivity index is 3.75. The van der Waals surface area contributed by atoms with E-state index >= 15 is 0 Å². The van der Waals surface area contributed by atoms with E-state index in [2.05, 4.69) is 0 Å². The van der Waals surface area contributed by atoms with Crippen molar-refractivity contribution in [3.63, 3.8) is 0 Å². The smallest absolute Gasteiger partial charge is 0.132 e. The predicted octanol–water partition coefficient (Wildman–Crippen LogP) is 3.67. The zero-order valence-corrected chi connectivity index (χ0v) is 9.63. The number of hydrogen-bond donors (Lipinski definition) is 0. The molecule has 0 bridgehead atoms. The summed E-state index contributed by atoms with van der Waals surface area (Å²) in [6, 6.07) is 0. The van der Waals surface area contributed by atoms with Gasteiger partial charge in [-0.1, -0.05) is 20.8 Å². The van der Waals surface area contributed by atoms with Gasteiger partial charge in [0.05, 0.1) is 0 Å². The first-order valence-corrected chi connectivity index (χ1v) is 9.05. The monoisotopic (exact) mass is 222 g/mol. The van der Waals surface area contributed by atoms with Gasteiger partial charge in [0.2, 0.25) is 0 Å². The van der Waals surface area contributed by atoms with Crippen LogP contribution in [0.3, 0.4) is 0 Å². The van der Waals surface area contributed by atoms with Crippen LogP contribution in [0.1, 0.15) is 20.8 Å². The summed E-state index contributed by atoms with van der Waals surface area (Å²) in [5.74, 6) is 0. The average molecular weight is 224 g/mol. The molecule has 0 radical (unpaired) electrons. The summed E-state index contributed by atoms with van der Waals surface area (Å²) in [6.45, 7) is 6.10. The second-order valence-corrected chi connectivity index (χ2v) is 16.3. The van der Waals surface area contributed by atoms with Gasteiger partial charge in [-0.2, -0.15) is 0 Å². The van der Waals surface area contributed by atoms with E-state index in [0.29, 0.717) is 0 Å². The lowest BCUT2D eigenvalue weighted by molar-refractivity contribution is 0.809. The van der Waals surface area contributed by atoms with Gasteiger partial charge in [-0.15, -0.1) is 44.4 Å². The first-order chi connectivity index (χ1) is 3.71. The van der Waals surface area contributed by atoms with Crippen molar-refractivity contribution in [3.8, 4) is 0 Å². The Morgan fingerprint density at radius 3 is 1.44 bits per heavy atom. The van der Waals surface area contributed by atoms with Crippen LogP contribution in [0, 0.1) is 0 Å². The minimum Gasteiger partial charge on any atom is -0.132 e. The topological polar surface area (TPSA) is 0 Å². The number of rotatable bonds is 1. The molecule has 0 aliphatic carbocycles. The maximum absolute atomic E-state index is 5.65. The third-order valence-electron chi connectivity index (χ3n) is 0.422. The lowest BCUT2D eigenvalue weighted by Crippen LogP contribution is -2.17. The van der Waals surface area contributed by atoms with Crippen LogP contribution in [0.5, 0.6) is 0 Å². The molecule has 0 atom stereocenters. The highest BCUT2D eigenvalue weighted by Gasteiger charge is 2.32. The molecule has 0 saturated carbocycles. The number of halogens is 3. The Kier molecular flexibility index (Phi) is 3.74. The molecule has 0 amide bonds. The Morgan fingerprint density at radius 1 is 1.11 bits per heavy atom. The van der Waals surface area contributed by atoms with Gasteiger partial charge in [0.1, 0.15) is 0 Å². The molecule has 0 aliphatic heterocycles. The van der Waals surface area contributed by atoms with E-state index in [4.69, 9.17) is 33.2 Å². The van der Waals surface area contributed by atoms with E-state index in [1.165, 1.54) is 11.2 Å². The summed E-state index contributed by atoms with van der Waals surface area (Å²) in [7, 11) is 0. The van der Waals surface area contributed by atoms with E-state index in [1.807, 2.05) is 20.8 Å². The van der Waals surface area contributed by atoms with Crippen LogP contribution in [0.25, 0.3) is 0 Å². The highest BCUT2D eigenvalue weighted by atomic mass is 35.9. The van der Waals surface area contributed by atoms with E-state index in [0.717, 1.165) is 0 Å². The van der Waals surface area contributed by atoms with Crippen LogP contribution in [0.15, 0.2) is 0 Å². The third kappa shape index (κ3) is 9.44. The minimum absolute atomic E-state index is 0.0669. The van der Waals surface area contributed by atoms with Crippen molar-refractivity contribution in [2.24, 2.45) is 0 Å². The minimum atomic E-state index is -2.46. The quantitative estimate of drug-likeness (QED) is 0.483. The van der Waals surface area contributed by atoms with Crippen LogP contribution in [-0.4, -0.2) is 9.90 Å². The van der Waals surface area contributed by atoms with Gasteiger partial charge >= 0.3 is 5.15 Å². The lowest BCUT2D eigenvalue weighted by atomic mass is 10.3. The maximum atomic E-state index is 5.65. The largest absolute Gasteiger partial charge is 0.405 e. The Bertz CT molecular complexity index is 81.0. The molecule has 0 spiro atoms. The fourth-order valence-corrected chi connectivity index (χ4v) is 9.37. The van der Waals surface area contributed by atoms with Crippen LogP contribution < -0.4 is 0 Å². The van der Waals surface area contributed by atoms with Crippen molar-refractivity contribution in [2.45, 2.75) is 25.5 Å². The molecule has 0 unspecified atom stereocenters. The molecule has 0 rings (SSSR count). The van der Waals surface area contributed by atoms with E-state index in [1.54, 1.807) is 0 Å². The highest BCUT2D eigenvalue weighted by Crippen LogP contribution is 2.41. The van der Waals surface area contributed by atoms with Gasteiger partial charge in [-0.3, -0.25) is 0 Å². The Morgan fingerprint density at radius 2 is 1.44 bits per heavy atom. The predicted molar refractivity (Wildman–Crippen MR) is 50.7 cm³/mol. The molecular weight excluding hydrogens is 215 g/mol. The highest BCUT2D eigenvalue weighted by molar-refractivity contribution is 8.44. The van der Waals surface area contributed by atoms with E-state index in [9.17, 15) is 0 Å². The van der Waals surface area contributed by atoms with Crippen molar-refractivity contribution < 1.29 is 0 Å². The lowest BCUT2D eigenvalue weighted by Gasteiger charge is -2.20. The fraction of sp³-hybridized carbons (Fsp3) is 1.00. The van der Waals surface area contributed by atoms with E-state index < -0.39 is 5.15 Å². The first kappa shape index (κ1) is 10.4. The molecule has 0 N–H and O–H groups in total. The van der Waals surface area contributed by atoms with Gasteiger partial charge < -0.3 is 0 Å². The average Bonchev–Trinajstić information content (AvgIpc) is 1.14. The van der Waals surface area contributed by atoms with Crippen LogP contribution >= 0.6 is 44.4 Å². The van der Waals surface area contributed by atoms with Gasteiger partial charge in [-0.25, -0.2) is 0 Å². The fourth-order valence-electron chi connectivity index (χ4n) is 0.347. The molecular formula is C4H9Cl3SSi. The van der Waals surface area contributed by atoms with Crippen LogP contribution in [0.2, 0.25) is 0 Å². The van der Waals surface area contributed by atoms with Crippen molar-refractivity contribution in [1.82, 2.24) is 0 Å². The molecule has 0 aromatic heterocycles. The van der Waals surface area contributed by atoms with Crippen molar-refractivity contribution >= 4 is 49.6 Å². The van der Waals surface area contributed by atoms with Crippen LogP contribution in [-0.2, 0) is 0 Å². The maximum Gasteiger partial charge on any atom is 0.405 e. The summed E-state index contributed by atoms with van der Waals surface area (Å²) in [6.07, 6.45) is 0. The first-order valence-electron chi connectivity index (χ1n) is 2.48. The van der Waals surface area contributed by atoms with Gasteiger partial charge in [0, 0.05) is 4.75 Å². The van der Waals surface area contributed by atoms with Gasteiger partial charge in [0.25, 0.3) is 0 Å².